The summed E-state index contributed by atoms with van der Waals surface area (Å²) in [6, 6.07) is 13.9. The van der Waals surface area contributed by atoms with E-state index in [9.17, 15) is 23.1 Å². The van der Waals surface area contributed by atoms with Gasteiger partial charge in [0.15, 0.2) is 0 Å². The largest absolute Gasteiger partial charge is 0.416 e. The lowest BCUT2D eigenvalue weighted by molar-refractivity contribution is -0.138. The van der Waals surface area contributed by atoms with Crippen LogP contribution in [0.4, 0.5) is 13.2 Å². The van der Waals surface area contributed by atoms with Gasteiger partial charge in [0, 0.05) is 24.1 Å². The summed E-state index contributed by atoms with van der Waals surface area (Å²) in [6.07, 6.45) is -0.939. The van der Waals surface area contributed by atoms with Crippen LogP contribution in [-0.2, 0) is 11.8 Å². The molecule has 3 atom stereocenters. The van der Waals surface area contributed by atoms with Crippen molar-refractivity contribution in [1.82, 2.24) is 4.90 Å². The first kappa shape index (κ1) is 20.0. The molecule has 0 bridgehead atoms. The van der Waals surface area contributed by atoms with E-state index in [1.165, 1.54) is 6.07 Å². The Kier molecular flexibility index (Phi) is 5.15. The zero-order chi connectivity index (χ0) is 20.6. The summed E-state index contributed by atoms with van der Waals surface area (Å²) in [5, 5.41) is 11.6. The van der Waals surface area contributed by atoms with Crippen LogP contribution in [0.5, 0.6) is 0 Å². The topological polar surface area (TPSA) is 40.5 Å². The van der Waals surface area contributed by atoms with Crippen molar-refractivity contribution in [1.29, 1.82) is 0 Å². The molecule has 4 rings (SSSR count). The number of hydrogen-bond donors (Lipinski definition) is 1. The lowest BCUT2D eigenvalue weighted by Crippen LogP contribution is -2.59. The van der Waals surface area contributed by atoms with E-state index in [2.05, 4.69) is 0 Å². The SMILES string of the molecule is O=C(c1ccccc1)N1CCC(O)(c2cccc(C(F)(F)F)c2)C2CCCCC21. The molecule has 1 aliphatic carbocycles. The Labute approximate surface area is 168 Å². The molecule has 1 saturated carbocycles. The smallest absolute Gasteiger partial charge is 0.385 e. The van der Waals surface area contributed by atoms with E-state index in [-0.39, 0.29) is 24.3 Å². The number of carbonyl (C=O) groups excluding carboxylic acids is 1. The van der Waals surface area contributed by atoms with Crippen LogP contribution in [0.15, 0.2) is 54.6 Å². The standard InChI is InChI=1S/C23H24F3NO2/c24-23(25,26)18-10-6-9-17(15-18)22(29)13-14-27(20-12-5-4-11-19(20)22)21(28)16-7-2-1-3-8-16/h1-3,6-10,15,19-20,29H,4-5,11-14H2. The average molecular weight is 403 g/mol. The maximum absolute atomic E-state index is 13.2. The Bertz CT molecular complexity index is 883. The lowest BCUT2D eigenvalue weighted by atomic mass is 9.66. The van der Waals surface area contributed by atoms with Gasteiger partial charge in [0.1, 0.15) is 0 Å². The number of alkyl halides is 3. The molecule has 3 unspecified atom stereocenters. The van der Waals surface area contributed by atoms with E-state index in [1.54, 1.807) is 18.2 Å². The molecule has 6 heteroatoms. The normalized spacial score (nSPS) is 27.4. The number of aliphatic hydroxyl groups is 1. The van der Waals surface area contributed by atoms with Gasteiger partial charge in [-0.2, -0.15) is 13.2 Å². The minimum Gasteiger partial charge on any atom is -0.385 e. The van der Waals surface area contributed by atoms with Gasteiger partial charge in [-0.15, -0.1) is 0 Å². The predicted octanol–water partition coefficient (Wildman–Crippen LogP) is 5.00. The first-order valence-electron chi connectivity index (χ1n) is 10.1. The molecule has 1 saturated heterocycles. The van der Waals surface area contributed by atoms with Gasteiger partial charge in [0.2, 0.25) is 0 Å². The second kappa shape index (κ2) is 7.48. The molecular weight excluding hydrogens is 379 g/mol. The van der Waals surface area contributed by atoms with Crippen LogP contribution in [-0.4, -0.2) is 28.5 Å². The maximum Gasteiger partial charge on any atom is 0.416 e. The number of fused-ring (bicyclic) bond motifs is 1. The molecule has 1 heterocycles. The number of likely N-dealkylation sites (tertiary alicyclic amines) is 1. The number of nitrogens with zero attached hydrogens (tertiary/aromatic N) is 1. The summed E-state index contributed by atoms with van der Waals surface area (Å²) in [7, 11) is 0. The molecule has 0 aromatic heterocycles. The van der Waals surface area contributed by atoms with E-state index in [1.807, 2.05) is 23.1 Å². The fourth-order valence-corrected chi connectivity index (χ4v) is 5.01. The summed E-state index contributed by atoms with van der Waals surface area (Å²) < 4.78 is 39.6. The van der Waals surface area contributed by atoms with Crippen molar-refractivity contribution < 1.29 is 23.1 Å². The van der Waals surface area contributed by atoms with Crippen molar-refractivity contribution >= 4 is 5.91 Å². The number of benzene rings is 2. The number of piperidine rings is 1. The zero-order valence-corrected chi connectivity index (χ0v) is 16.0. The van der Waals surface area contributed by atoms with Crippen molar-refractivity contribution in [3.63, 3.8) is 0 Å². The van der Waals surface area contributed by atoms with E-state index in [0.717, 1.165) is 31.4 Å². The van der Waals surface area contributed by atoms with Crippen LogP contribution in [0.2, 0.25) is 0 Å². The Balaban J connectivity index is 1.67. The van der Waals surface area contributed by atoms with E-state index < -0.39 is 17.3 Å². The van der Waals surface area contributed by atoms with Gasteiger partial charge >= 0.3 is 6.18 Å². The summed E-state index contributed by atoms with van der Waals surface area (Å²) >= 11 is 0. The van der Waals surface area contributed by atoms with Crippen LogP contribution in [0, 0.1) is 5.92 Å². The van der Waals surface area contributed by atoms with Crippen LogP contribution in [0.1, 0.15) is 53.6 Å². The van der Waals surface area contributed by atoms with Crippen LogP contribution in [0.25, 0.3) is 0 Å². The van der Waals surface area contributed by atoms with Crippen molar-refractivity contribution in [2.75, 3.05) is 6.54 Å². The highest BCUT2D eigenvalue weighted by Gasteiger charge is 2.50. The highest BCUT2D eigenvalue weighted by molar-refractivity contribution is 5.94. The van der Waals surface area contributed by atoms with Crippen molar-refractivity contribution in [3.8, 4) is 0 Å². The van der Waals surface area contributed by atoms with Crippen LogP contribution < -0.4 is 0 Å². The monoisotopic (exact) mass is 403 g/mol. The van der Waals surface area contributed by atoms with Crippen molar-refractivity contribution in [3.05, 3.63) is 71.3 Å². The Morgan fingerprint density at radius 3 is 2.48 bits per heavy atom. The van der Waals surface area contributed by atoms with Gasteiger partial charge < -0.3 is 10.0 Å². The molecule has 2 fully saturated rings. The summed E-state index contributed by atoms with van der Waals surface area (Å²) in [4.78, 5) is 14.9. The van der Waals surface area contributed by atoms with Gasteiger partial charge in [-0.1, -0.05) is 43.2 Å². The molecule has 3 nitrogen and oxygen atoms in total. The van der Waals surface area contributed by atoms with Crippen molar-refractivity contribution in [2.45, 2.75) is 49.9 Å². The number of amides is 1. The van der Waals surface area contributed by atoms with Gasteiger partial charge in [0.05, 0.1) is 11.2 Å². The second-order valence-electron chi connectivity index (χ2n) is 8.08. The fourth-order valence-electron chi connectivity index (χ4n) is 5.01. The molecule has 2 aromatic rings. The van der Waals surface area contributed by atoms with E-state index >= 15 is 0 Å². The van der Waals surface area contributed by atoms with Crippen molar-refractivity contribution in [2.24, 2.45) is 5.92 Å². The summed E-state index contributed by atoms with van der Waals surface area (Å²) in [5.41, 5.74) is -1.21. The first-order chi connectivity index (χ1) is 13.8. The van der Waals surface area contributed by atoms with Gasteiger partial charge in [0.25, 0.3) is 5.91 Å². The van der Waals surface area contributed by atoms with Gasteiger partial charge in [-0.3, -0.25) is 4.79 Å². The first-order valence-corrected chi connectivity index (χ1v) is 10.1. The molecular formula is C23H24F3NO2. The lowest BCUT2D eigenvalue weighted by Gasteiger charge is -2.52. The molecule has 0 radical (unpaired) electrons. The predicted molar refractivity (Wildman–Crippen MR) is 103 cm³/mol. The zero-order valence-electron chi connectivity index (χ0n) is 16.0. The highest BCUT2D eigenvalue weighted by Crippen LogP contribution is 2.48. The van der Waals surface area contributed by atoms with E-state index in [0.29, 0.717) is 24.1 Å². The molecule has 2 aromatic carbocycles. The summed E-state index contributed by atoms with van der Waals surface area (Å²) in [6.45, 7) is 0.321. The number of halogens is 3. The maximum atomic E-state index is 13.2. The molecule has 1 aliphatic heterocycles. The molecule has 1 amide bonds. The molecule has 0 spiro atoms. The molecule has 29 heavy (non-hydrogen) atoms. The Morgan fingerprint density at radius 1 is 1.03 bits per heavy atom. The number of carbonyl (C=O) groups is 1. The van der Waals surface area contributed by atoms with Gasteiger partial charge in [-0.25, -0.2) is 0 Å². The van der Waals surface area contributed by atoms with Gasteiger partial charge in [-0.05, 0) is 49.1 Å². The summed E-state index contributed by atoms with van der Waals surface area (Å²) in [5.74, 6) is -0.352. The van der Waals surface area contributed by atoms with E-state index in [4.69, 9.17) is 0 Å². The second-order valence-corrected chi connectivity index (χ2v) is 8.08. The minimum atomic E-state index is -4.46. The number of hydrogen-bond acceptors (Lipinski definition) is 2. The highest BCUT2D eigenvalue weighted by atomic mass is 19.4. The minimum absolute atomic E-state index is 0.0754. The average Bonchev–Trinajstić information content (AvgIpc) is 2.74. The van der Waals surface area contributed by atoms with Crippen LogP contribution in [0.3, 0.4) is 0 Å². The fraction of sp³-hybridized carbons (Fsp3) is 0.435. The van der Waals surface area contributed by atoms with Crippen LogP contribution >= 0.6 is 0 Å². The Morgan fingerprint density at radius 2 is 1.76 bits per heavy atom. The third-order valence-electron chi connectivity index (χ3n) is 6.45. The number of rotatable bonds is 2. The Hall–Kier alpha value is -2.34. The molecule has 154 valence electrons. The third-order valence-corrected chi connectivity index (χ3v) is 6.45. The quantitative estimate of drug-likeness (QED) is 0.767. The molecule has 2 aliphatic rings. The third kappa shape index (κ3) is 3.66. The molecule has 1 N–H and O–H groups in total.